The van der Waals surface area contributed by atoms with Gasteiger partial charge in [-0.15, -0.1) is 0 Å². The number of aliphatic hydroxyl groups excluding tert-OH is 1. The van der Waals surface area contributed by atoms with Crippen LogP contribution in [0.2, 0.25) is 0 Å². The molecule has 0 spiro atoms. The average Bonchev–Trinajstić information content (AvgIpc) is 2.94. The monoisotopic (exact) mass is 367 g/mol. The van der Waals surface area contributed by atoms with Crippen molar-refractivity contribution in [3.8, 4) is 0 Å². The van der Waals surface area contributed by atoms with E-state index in [2.05, 4.69) is 55.7 Å². The van der Waals surface area contributed by atoms with Gasteiger partial charge in [-0.3, -0.25) is 4.90 Å². The van der Waals surface area contributed by atoms with Gasteiger partial charge in [0.15, 0.2) is 0 Å². The number of piperidine rings is 1. The molecular weight excluding hydrogens is 342 g/mol. The lowest BCUT2D eigenvalue weighted by Crippen LogP contribution is -2.44. The maximum absolute atomic E-state index is 9.84. The van der Waals surface area contributed by atoms with Crippen LogP contribution in [-0.4, -0.2) is 54.9 Å². The molecule has 1 aromatic carbocycles. The van der Waals surface area contributed by atoms with Crippen molar-refractivity contribution in [3.05, 3.63) is 34.3 Å². The molecule has 2 heterocycles. The van der Waals surface area contributed by atoms with Gasteiger partial charge in [0, 0.05) is 42.6 Å². The number of benzene rings is 1. The molecule has 5 heteroatoms. The van der Waals surface area contributed by atoms with E-state index >= 15 is 0 Å². The second kappa shape index (κ2) is 7.88. The van der Waals surface area contributed by atoms with Gasteiger partial charge in [-0.25, -0.2) is 0 Å². The van der Waals surface area contributed by atoms with Gasteiger partial charge < -0.3 is 15.7 Å². The van der Waals surface area contributed by atoms with E-state index in [0.29, 0.717) is 12.0 Å². The highest BCUT2D eigenvalue weighted by Crippen LogP contribution is 2.20. The Balaban J connectivity index is 1.40. The van der Waals surface area contributed by atoms with Crippen molar-refractivity contribution in [3.63, 3.8) is 0 Å². The van der Waals surface area contributed by atoms with E-state index in [1.165, 1.54) is 22.9 Å². The van der Waals surface area contributed by atoms with Crippen LogP contribution in [-0.2, 0) is 6.54 Å². The third-order valence-corrected chi connectivity index (χ3v) is 5.69. The zero-order valence-electron chi connectivity index (χ0n) is 13.0. The molecule has 0 radical (unpaired) electrons. The van der Waals surface area contributed by atoms with E-state index in [1.54, 1.807) is 0 Å². The molecule has 2 aliphatic rings. The molecule has 2 fully saturated rings. The number of nitrogens with zero attached hydrogens (tertiary/aromatic N) is 1. The maximum Gasteiger partial charge on any atom is 0.0716 e. The van der Waals surface area contributed by atoms with E-state index in [-0.39, 0.29) is 6.10 Å². The van der Waals surface area contributed by atoms with Gasteiger partial charge in [-0.05, 0) is 37.6 Å². The molecule has 2 aliphatic heterocycles. The summed E-state index contributed by atoms with van der Waals surface area (Å²) in [6.45, 7) is 5.93. The Morgan fingerprint density at radius 3 is 2.68 bits per heavy atom. The van der Waals surface area contributed by atoms with Gasteiger partial charge in [0.1, 0.15) is 0 Å². The van der Waals surface area contributed by atoms with Crippen LogP contribution in [0.4, 0.5) is 0 Å². The van der Waals surface area contributed by atoms with Crippen LogP contribution in [0.15, 0.2) is 28.7 Å². The maximum atomic E-state index is 9.84. The molecular formula is C17H26BrN3O. The van der Waals surface area contributed by atoms with Gasteiger partial charge in [-0.1, -0.05) is 34.1 Å². The molecule has 4 nitrogen and oxygen atoms in total. The topological polar surface area (TPSA) is 47.5 Å². The third kappa shape index (κ3) is 4.30. The number of likely N-dealkylation sites (tertiary alicyclic amines) is 1. The molecule has 0 saturated carbocycles. The molecule has 0 aliphatic carbocycles. The van der Waals surface area contributed by atoms with Crippen molar-refractivity contribution < 1.29 is 5.11 Å². The Labute approximate surface area is 141 Å². The Hall–Kier alpha value is -0.460. The lowest BCUT2D eigenvalue weighted by molar-refractivity contribution is 0.137. The Morgan fingerprint density at radius 2 is 2.00 bits per heavy atom. The minimum absolute atomic E-state index is 0.178. The van der Waals surface area contributed by atoms with Crippen molar-refractivity contribution in [2.45, 2.75) is 31.5 Å². The fourth-order valence-electron chi connectivity index (χ4n) is 3.41. The van der Waals surface area contributed by atoms with E-state index < -0.39 is 0 Å². The Bertz CT molecular complexity index is 477. The molecule has 22 heavy (non-hydrogen) atoms. The highest BCUT2D eigenvalue weighted by atomic mass is 79.9. The van der Waals surface area contributed by atoms with Crippen molar-refractivity contribution in [1.29, 1.82) is 0 Å². The Morgan fingerprint density at radius 1 is 1.23 bits per heavy atom. The largest absolute Gasteiger partial charge is 0.391 e. The zero-order chi connectivity index (χ0) is 15.4. The highest BCUT2D eigenvalue weighted by Gasteiger charge is 2.26. The van der Waals surface area contributed by atoms with Crippen LogP contribution in [0, 0.1) is 5.92 Å². The number of nitrogens with one attached hydrogen (secondary N) is 2. The molecule has 2 unspecified atom stereocenters. The van der Waals surface area contributed by atoms with Gasteiger partial charge in [0.25, 0.3) is 0 Å². The number of aliphatic hydroxyl groups is 1. The predicted molar refractivity (Wildman–Crippen MR) is 92.8 cm³/mol. The summed E-state index contributed by atoms with van der Waals surface area (Å²) in [7, 11) is 0. The summed E-state index contributed by atoms with van der Waals surface area (Å²) in [6.07, 6.45) is 2.21. The summed E-state index contributed by atoms with van der Waals surface area (Å²) in [5, 5.41) is 16.7. The van der Waals surface area contributed by atoms with E-state index in [9.17, 15) is 5.11 Å². The van der Waals surface area contributed by atoms with Gasteiger partial charge >= 0.3 is 0 Å². The second-order valence-electron chi connectivity index (χ2n) is 6.54. The summed E-state index contributed by atoms with van der Waals surface area (Å²) >= 11 is 3.63. The molecule has 0 bridgehead atoms. The van der Waals surface area contributed by atoms with E-state index in [4.69, 9.17) is 0 Å². The normalized spacial score (nSPS) is 27.4. The average molecular weight is 368 g/mol. The molecule has 3 rings (SSSR count). The van der Waals surface area contributed by atoms with Crippen molar-refractivity contribution >= 4 is 15.9 Å². The lowest BCUT2D eigenvalue weighted by atomic mass is 10.0. The molecule has 3 N–H and O–H groups in total. The number of hydrogen-bond acceptors (Lipinski definition) is 4. The Kier molecular flexibility index (Phi) is 5.88. The first-order chi connectivity index (χ1) is 10.7. The van der Waals surface area contributed by atoms with Crippen molar-refractivity contribution in [2.24, 2.45) is 5.92 Å². The van der Waals surface area contributed by atoms with Crippen LogP contribution < -0.4 is 10.6 Å². The third-order valence-electron chi connectivity index (χ3n) is 4.91. The minimum Gasteiger partial charge on any atom is -0.391 e. The molecule has 0 amide bonds. The minimum atomic E-state index is -0.178. The molecule has 2 saturated heterocycles. The van der Waals surface area contributed by atoms with E-state index in [1.807, 2.05) is 0 Å². The first-order valence-corrected chi connectivity index (χ1v) is 9.09. The van der Waals surface area contributed by atoms with Crippen molar-refractivity contribution in [2.75, 3.05) is 32.7 Å². The van der Waals surface area contributed by atoms with Gasteiger partial charge in [0.05, 0.1) is 6.10 Å². The quantitative estimate of drug-likeness (QED) is 0.739. The van der Waals surface area contributed by atoms with Crippen LogP contribution >= 0.6 is 15.9 Å². The fourth-order valence-corrected chi connectivity index (χ4v) is 3.82. The number of halogens is 1. The number of hydrogen-bond donors (Lipinski definition) is 3. The summed E-state index contributed by atoms with van der Waals surface area (Å²) in [5.41, 5.74) is 1.37. The standard InChI is InChI=1S/C17H26BrN3O/c18-16-4-2-1-3-13(16)12-21-7-5-15(6-8-21)20-10-14-9-19-11-17(14)22/h1-4,14-15,17,19-20,22H,5-12H2. The second-order valence-corrected chi connectivity index (χ2v) is 7.39. The highest BCUT2D eigenvalue weighted by molar-refractivity contribution is 9.10. The van der Waals surface area contributed by atoms with Crippen LogP contribution in [0.1, 0.15) is 18.4 Å². The lowest BCUT2D eigenvalue weighted by Gasteiger charge is -2.33. The summed E-state index contributed by atoms with van der Waals surface area (Å²) in [4.78, 5) is 2.53. The summed E-state index contributed by atoms with van der Waals surface area (Å²) < 4.78 is 1.21. The summed E-state index contributed by atoms with van der Waals surface area (Å²) in [5.74, 6) is 0.373. The number of rotatable bonds is 5. The predicted octanol–water partition coefficient (Wildman–Crippen LogP) is 1.58. The smallest absolute Gasteiger partial charge is 0.0716 e. The van der Waals surface area contributed by atoms with Gasteiger partial charge in [-0.2, -0.15) is 0 Å². The fraction of sp³-hybridized carbons (Fsp3) is 0.647. The zero-order valence-corrected chi connectivity index (χ0v) is 14.6. The molecule has 1 aromatic rings. The van der Waals surface area contributed by atoms with Crippen molar-refractivity contribution in [1.82, 2.24) is 15.5 Å². The van der Waals surface area contributed by atoms with Crippen LogP contribution in [0.3, 0.4) is 0 Å². The van der Waals surface area contributed by atoms with E-state index in [0.717, 1.165) is 39.3 Å². The molecule has 0 aromatic heterocycles. The summed E-state index contributed by atoms with van der Waals surface area (Å²) in [6, 6.07) is 9.09. The number of β-amino-alcohol motifs (C(OH)–C–C–N with tert-alkyl or cyclic N) is 1. The first kappa shape index (κ1) is 16.4. The SMILES string of the molecule is OC1CNCC1CNC1CCN(Cc2ccccc2Br)CC1. The first-order valence-electron chi connectivity index (χ1n) is 8.30. The van der Waals surface area contributed by atoms with Crippen LogP contribution in [0.25, 0.3) is 0 Å². The molecule has 2 atom stereocenters. The molecule has 122 valence electrons. The van der Waals surface area contributed by atoms with Gasteiger partial charge in [0.2, 0.25) is 0 Å². The van der Waals surface area contributed by atoms with Crippen LogP contribution in [0.5, 0.6) is 0 Å².